The molecule has 158 valence electrons. The monoisotopic (exact) mass is 437 g/mol. The SMILES string of the molecule is COc1cc(OC)c(NCc2c(O)ccc3c(-c4ccccc4)cc(=O)oc23)cc1Cl. The van der Waals surface area contributed by atoms with Gasteiger partial charge >= 0.3 is 5.63 Å². The van der Waals surface area contributed by atoms with Gasteiger partial charge in [0.25, 0.3) is 0 Å². The zero-order valence-corrected chi connectivity index (χ0v) is 17.7. The van der Waals surface area contributed by atoms with Crippen LogP contribution < -0.4 is 20.4 Å². The van der Waals surface area contributed by atoms with Crippen LogP contribution in [0.25, 0.3) is 22.1 Å². The van der Waals surface area contributed by atoms with Gasteiger partial charge in [0.15, 0.2) is 0 Å². The van der Waals surface area contributed by atoms with Gasteiger partial charge in [0, 0.05) is 24.1 Å². The molecule has 0 saturated heterocycles. The Balaban J connectivity index is 1.79. The Kier molecular flexibility index (Phi) is 5.73. The minimum atomic E-state index is -0.497. The Morgan fingerprint density at radius 2 is 1.74 bits per heavy atom. The van der Waals surface area contributed by atoms with Crippen molar-refractivity contribution in [3.63, 3.8) is 0 Å². The number of hydrogen-bond acceptors (Lipinski definition) is 6. The number of phenols is 1. The van der Waals surface area contributed by atoms with E-state index in [4.69, 9.17) is 25.5 Å². The molecule has 2 N–H and O–H groups in total. The molecular formula is C24H20ClNO5. The van der Waals surface area contributed by atoms with E-state index in [9.17, 15) is 9.90 Å². The van der Waals surface area contributed by atoms with Crippen LogP contribution in [0.4, 0.5) is 5.69 Å². The number of fused-ring (bicyclic) bond motifs is 1. The van der Waals surface area contributed by atoms with Crippen LogP contribution in [0.1, 0.15) is 5.56 Å². The molecule has 0 aliphatic carbocycles. The number of benzene rings is 3. The van der Waals surface area contributed by atoms with E-state index in [0.29, 0.717) is 33.4 Å². The van der Waals surface area contributed by atoms with Crippen LogP contribution in [0.2, 0.25) is 5.02 Å². The normalized spacial score (nSPS) is 10.8. The lowest BCUT2D eigenvalue weighted by Gasteiger charge is -2.15. The molecular weight excluding hydrogens is 418 g/mol. The van der Waals surface area contributed by atoms with E-state index in [2.05, 4.69) is 5.32 Å². The van der Waals surface area contributed by atoms with Gasteiger partial charge in [-0.25, -0.2) is 4.79 Å². The second kappa shape index (κ2) is 8.62. The third-order valence-electron chi connectivity index (χ3n) is 5.01. The summed E-state index contributed by atoms with van der Waals surface area (Å²) in [6, 6.07) is 17.7. The fraction of sp³-hybridized carbons (Fsp3) is 0.125. The average Bonchev–Trinajstić information content (AvgIpc) is 2.78. The van der Waals surface area contributed by atoms with Crippen LogP contribution in [0.5, 0.6) is 17.2 Å². The molecule has 0 bridgehead atoms. The number of halogens is 1. The number of methoxy groups -OCH3 is 2. The second-order valence-electron chi connectivity index (χ2n) is 6.83. The number of aromatic hydroxyl groups is 1. The van der Waals surface area contributed by atoms with Crippen LogP contribution in [-0.4, -0.2) is 19.3 Å². The number of hydrogen-bond donors (Lipinski definition) is 2. The molecule has 0 unspecified atom stereocenters. The molecule has 4 aromatic rings. The van der Waals surface area contributed by atoms with Crippen LogP contribution in [0, 0.1) is 0 Å². The van der Waals surface area contributed by atoms with Gasteiger partial charge in [-0.2, -0.15) is 0 Å². The van der Waals surface area contributed by atoms with Gasteiger partial charge in [-0.05, 0) is 29.3 Å². The van der Waals surface area contributed by atoms with Crippen molar-refractivity contribution in [1.29, 1.82) is 0 Å². The molecule has 0 amide bonds. The van der Waals surface area contributed by atoms with Crippen LogP contribution >= 0.6 is 11.6 Å². The minimum Gasteiger partial charge on any atom is -0.507 e. The van der Waals surface area contributed by atoms with Gasteiger partial charge in [-0.15, -0.1) is 0 Å². The van der Waals surface area contributed by atoms with Gasteiger partial charge in [0.05, 0.1) is 30.5 Å². The molecule has 0 fully saturated rings. The molecule has 7 heteroatoms. The summed E-state index contributed by atoms with van der Waals surface area (Å²) >= 11 is 6.25. The molecule has 0 aliphatic heterocycles. The molecule has 0 spiro atoms. The Bertz CT molecular complexity index is 1300. The number of ether oxygens (including phenoxy) is 2. The lowest BCUT2D eigenvalue weighted by atomic mass is 9.99. The van der Waals surface area contributed by atoms with Crippen molar-refractivity contribution in [3.05, 3.63) is 81.7 Å². The largest absolute Gasteiger partial charge is 0.507 e. The first kappa shape index (κ1) is 20.6. The second-order valence-corrected chi connectivity index (χ2v) is 7.23. The first-order valence-electron chi connectivity index (χ1n) is 9.51. The van der Waals surface area contributed by atoms with Gasteiger partial charge in [-0.3, -0.25) is 0 Å². The lowest BCUT2D eigenvalue weighted by Crippen LogP contribution is -2.05. The minimum absolute atomic E-state index is 0.00642. The Labute approximate surface area is 183 Å². The van der Waals surface area contributed by atoms with E-state index in [0.717, 1.165) is 16.5 Å². The number of anilines is 1. The molecule has 0 saturated carbocycles. The fourth-order valence-corrected chi connectivity index (χ4v) is 3.72. The standard InChI is InChI=1S/C24H20ClNO5/c1-29-21-12-22(30-2)19(11-18(21)25)26-13-17-20(27)9-8-15-16(10-23(28)31-24(15)17)14-6-4-3-5-7-14/h3-12,26-27H,13H2,1-2H3. The Morgan fingerprint density at radius 1 is 1.00 bits per heavy atom. The smallest absolute Gasteiger partial charge is 0.336 e. The Morgan fingerprint density at radius 3 is 2.45 bits per heavy atom. The average molecular weight is 438 g/mol. The van der Waals surface area contributed by atoms with E-state index in [1.54, 1.807) is 24.3 Å². The predicted octanol–water partition coefficient (Wildman–Crippen LogP) is 5.45. The highest BCUT2D eigenvalue weighted by Crippen LogP contribution is 2.38. The summed E-state index contributed by atoms with van der Waals surface area (Å²) in [6.45, 7) is 0.170. The van der Waals surface area contributed by atoms with Crippen molar-refractivity contribution >= 4 is 28.3 Å². The number of nitrogens with one attached hydrogen (secondary N) is 1. The number of rotatable bonds is 6. The summed E-state index contributed by atoms with van der Waals surface area (Å²) < 4.78 is 16.1. The van der Waals surface area contributed by atoms with Crippen molar-refractivity contribution in [1.82, 2.24) is 0 Å². The number of phenolic OH excluding ortho intramolecular Hbond substituents is 1. The van der Waals surface area contributed by atoms with Gasteiger partial charge in [-0.1, -0.05) is 41.9 Å². The quantitative estimate of drug-likeness (QED) is 0.390. The highest BCUT2D eigenvalue weighted by Gasteiger charge is 2.16. The Hall–Kier alpha value is -3.64. The predicted molar refractivity (Wildman–Crippen MR) is 121 cm³/mol. The lowest BCUT2D eigenvalue weighted by molar-refractivity contribution is 0.395. The van der Waals surface area contributed by atoms with Crippen molar-refractivity contribution in [2.45, 2.75) is 6.54 Å². The van der Waals surface area contributed by atoms with E-state index >= 15 is 0 Å². The zero-order valence-electron chi connectivity index (χ0n) is 16.9. The molecule has 4 rings (SSSR count). The summed E-state index contributed by atoms with van der Waals surface area (Å²) in [7, 11) is 3.06. The fourth-order valence-electron chi connectivity index (χ4n) is 3.48. The van der Waals surface area contributed by atoms with Crippen LogP contribution in [0.15, 0.2) is 69.9 Å². The molecule has 0 aliphatic rings. The third-order valence-corrected chi connectivity index (χ3v) is 5.30. The van der Waals surface area contributed by atoms with Gasteiger partial charge in [0.2, 0.25) is 0 Å². The maximum atomic E-state index is 12.3. The topological polar surface area (TPSA) is 80.9 Å². The van der Waals surface area contributed by atoms with Crippen molar-refractivity contribution < 1.29 is 19.0 Å². The van der Waals surface area contributed by atoms with E-state index in [1.807, 2.05) is 30.3 Å². The molecule has 1 heterocycles. The third kappa shape index (κ3) is 4.02. The highest BCUT2D eigenvalue weighted by atomic mass is 35.5. The molecule has 6 nitrogen and oxygen atoms in total. The van der Waals surface area contributed by atoms with Gasteiger partial charge in [0.1, 0.15) is 22.8 Å². The van der Waals surface area contributed by atoms with E-state index in [-0.39, 0.29) is 12.3 Å². The van der Waals surface area contributed by atoms with Crippen LogP contribution in [-0.2, 0) is 6.54 Å². The maximum absolute atomic E-state index is 12.3. The van der Waals surface area contributed by atoms with E-state index < -0.39 is 5.63 Å². The molecule has 31 heavy (non-hydrogen) atoms. The summed E-state index contributed by atoms with van der Waals surface area (Å²) in [4.78, 5) is 12.3. The van der Waals surface area contributed by atoms with Crippen molar-refractivity contribution in [2.75, 3.05) is 19.5 Å². The summed E-state index contributed by atoms with van der Waals surface area (Å²) in [5.74, 6) is 1.01. The van der Waals surface area contributed by atoms with Crippen molar-refractivity contribution in [2.24, 2.45) is 0 Å². The zero-order chi connectivity index (χ0) is 22.0. The highest BCUT2D eigenvalue weighted by molar-refractivity contribution is 6.32. The molecule has 0 radical (unpaired) electrons. The molecule has 0 atom stereocenters. The van der Waals surface area contributed by atoms with E-state index in [1.165, 1.54) is 20.3 Å². The van der Waals surface area contributed by atoms with Gasteiger partial charge < -0.3 is 24.3 Å². The molecule has 3 aromatic carbocycles. The van der Waals surface area contributed by atoms with Crippen molar-refractivity contribution in [3.8, 4) is 28.4 Å². The first-order valence-corrected chi connectivity index (χ1v) is 9.89. The summed E-state index contributed by atoms with van der Waals surface area (Å²) in [6.07, 6.45) is 0. The summed E-state index contributed by atoms with van der Waals surface area (Å²) in [5.41, 5.74) is 2.49. The summed E-state index contributed by atoms with van der Waals surface area (Å²) in [5, 5.41) is 14.9. The molecule has 1 aromatic heterocycles. The maximum Gasteiger partial charge on any atom is 0.336 e. The first-order chi connectivity index (χ1) is 15.0. The van der Waals surface area contributed by atoms with Crippen LogP contribution in [0.3, 0.4) is 0 Å².